The van der Waals surface area contributed by atoms with E-state index in [2.05, 4.69) is 22.1 Å². The molecule has 0 N–H and O–H groups in total. The standard InChI is InChI=1S/C19H23N3O2/c23-19(7-6-16-4-2-1-3-5-16)22-10-11-24-15-17(14-22)12-18-13-20-8-9-21-18/h1-5,8-9,13,17H,6-7,10-12,14-15H2/t17-/m0/s1. The summed E-state index contributed by atoms with van der Waals surface area (Å²) in [7, 11) is 0. The first-order chi connectivity index (χ1) is 11.8. The van der Waals surface area contributed by atoms with Crippen molar-refractivity contribution < 1.29 is 9.53 Å². The van der Waals surface area contributed by atoms with Gasteiger partial charge in [-0.15, -0.1) is 0 Å². The number of hydrogen-bond donors (Lipinski definition) is 0. The Morgan fingerprint density at radius 3 is 2.92 bits per heavy atom. The Morgan fingerprint density at radius 1 is 1.25 bits per heavy atom. The summed E-state index contributed by atoms with van der Waals surface area (Å²) in [5.74, 6) is 0.471. The van der Waals surface area contributed by atoms with Crippen LogP contribution in [0.4, 0.5) is 0 Å². The molecule has 1 atom stereocenters. The fourth-order valence-electron chi connectivity index (χ4n) is 3.02. The van der Waals surface area contributed by atoms with Gasteiger partial charge in [-0.1, -0.05) is 30.3 Å². The van der Waals surface area contributed by atoms with Crippen molar-refractivity contribution in [3.8, 4) is 0 Å². The summed E-state index contributed by atoms with van der Waals surface area (Å²) in [6.45, 7) is 2.67. The molecule has 5 nitrogen and oxygen atoms in total. The molecule has 0 saturated carbocycles. The van der Waals surface area contributed by atoms with Gasteiger partial charge in [-0.05, 0) is 18.4 Å². The highest BCUT2D eigenvalue weighted by molar-refractivity contribution is 5.76. The van der Waals surface area contributed by atoms with Crippen molar-refractivity contribution in [3.63, 3.8) is 0 Å². The summed E-state index contributed by atoms with van der Waals surface area (Å²) in [5.41, 5.74) is 2.15. The highest BCUT2D eigenvalue weighted by atomic mass is 16.5. The van der Waals surface area contributed by atoms with Crippen LogP contribution in [0.3, 0.4) is 0 Å². The molecular weight excluding hydrogens is 302 g/mol. The predicted octanol–water partition coefficient (Wildman–Crippen LogP) is 2.13. The number of aryl methyl sites for hydroxylation is 1. The first kappa shape index (κ1) is 16.6. The monoisotopic (exact) mass is 325 g/mol. The topological polar surface area (TPSA) is 55.3 Å². The van der Waals surface area contributed by atoms with E-state index in [4.69, 9.17) is 4.74 Å². The smallest absolute Gasteiger partial charge is 0.222 e. The fraction of sp³-hybridized carbons (Fsp3) is 0.421. The van der Waals surface area contributed by atoms with Crippen LogP contribution in [0.2, 0.25) is 0 Å². The normalized spacial score (nSPS) is 18.2. The Kier molecular flexibility index (Phi) is 5.90. The largest absolute Gasteiger partial charge is 0.379 e. The Hall–Kier alpha value is -2.27. The van der Waals surface area contributed by atoms with Gasteiger partial charge in [-0.25, -0.2) is 0 Å². The first-order valence-corrected chi connectivity index (χ1v) is 8.45. The SMILES string of the molecule is O=C(CCc1ccccc1)N1CCOC[C@@H](Cc2cnccn2)C1. The fourth-order valence-corrected chi connectivity index (χ4v) is 3.02. The van der Waals surface area contributed by atoms with Crippen LogP contribution in [0.1, 0.15) is 17.7 Å². The molecule has 5 heteroatoms. The van der Waals surface area contributed by atoms with Gasteiger partial charge in [0, 0.05) is 44.0 Å². The number of amides is 1. The van der Waals surface area contributed by atoms with Crippen molar-refractivity contribution in [2.45, 2.75) is 19.3 Å². The molecule has 0 radical (unpaired) electrons. The van der Waals surface area contributed by atoms with E-state index in [-0.39, 0.29) is 11.8 Å². The van der Waals surface area contributed by atoms with E-state index in [1.807, 2.05) is 23.1 Å². The second-order valence-corrected chi connectivity index (χ2v) is 6.17. The van der Waals surface area contributed by atoms with E-state index in [0.29, 0.717) is 26.2 Å². The van der Waals surface area contributed by atoms with E-state index in [0.717, 1.165) is 25.1 Å². The summed E-state index contributed by atoms with van der Waals surface area (Å²) in [4.78, 5) is 22.9. The Balaban J connectivity index is 1.54. The minimum Gasteiger partial charge on any atom is -0.379 e. The lowest BCUT2D eigenvalue weighted by Crippen LogP contribution is -2.36. The van der Waals surface area contributed by atoms with Gasteiger partial charge >= 0.3 is 0 Å². The van der Waals surface area contributed by atoms with Crippen molar-refractivity contribution >= 4 is 5.91 Å². The van der Waals surface area contributed by atoms with Gasteiger partial charge in [0.1, 0.15) is 0 Å². The van der Waals surface area contributed by atoms with Crippen LogP contribution in [-0.4, -0.2) is 47.1 Å². The molecule has 2 heterocycles. The van der Waals surface area contributed by atoms with Gasteiger partial charge in [0.05, 0.1) is 18.9 Å². The van der Waals surface area contributed by atoms with Crippen LogP contribution in [0.5, 0.6) is 0 Å². The predicted molar refractivity (Wildman–Crippen MR) is 91.4 cm³/mol. The summed E-state index contributed by atoms with van der Waals surface area (Å²) in [6.07, 6.45) is 7.28. The van der Waals surface area contributed by atoms with Crippen LogP contribution in [0.15, 0.2) is 48.9 Å². The molecule has 1 amide bonds. The number of aromatic nitrogens is 2. The summed E-state index contributed by atoms with van der Waals surface area (Å²) in [6, 6.07) is 10.1. The molecule has 0 bridgehead atoms. The van der Waals surface area contributed by atoms with Gasteiger partial charge < -0.3 is 9.64 Å². The van der Waals surface area contributed by atoms with Crippen molar-refractivity contribution in [3.05, 3.63) is 60.2 Å². The molecule has 126 valence electrons. The summed E-state index contributed by atoms with van der Waals surface area (Å²) >= 11 is 0. The molecule has 3 rings (SSSR count). The minimum absolute atomic E-state index is 0.202. The zero-order valence-corrected chi connectivity index (χ0v) is 13.8. The van der Waals surface area contributed by atoms with Crippen LogP contribution in [0.25, 0.3) is 0 Å². The van der Waals surface area contributed by atoms with E-state index < -0.39 is 0 Å². The number of benzene rings is 1. The van der Waals surface area contributed by atoms with Gasteiger partial charge in [-0.3, -0.25) is 14.8 Å². The molecule has 1 fully saturated rings. The average Bonchev–Trinajstić information content (AvgIpc) is 2.87. The molecule has 1 aromatic carbocycles. The van der Waals surface area contributed by atoms with Crippen molar-refractivity contribution in [1.82, 2.24) is 14.9 Å². The van der Waals surface area contributed by atoms with E-state index in [9.17, 15) is 4.79 Å². The van der Waals surface area contributed by atoms with Crippen molar-refractivity contribution in [1.29, 1.82) is 0 Å². The van der Waals surface area contributed by atoms with Crippen molar-refractivity contribution in [2.24, 2.45) is 5.92 Å². The summed E-state index contributed by atoms with van der Waals surface area (Å²) < 4.78 is 5.68. The first-order valence-electron chi connectivity index (χ1n) is 8.45. The van der Waals surface area contributed by atoms with Crippen molar-refractivity contribution in [2.75, 3.05) is 26.3 Å². The number of nitrogens with zero attached hydrogens (tertiary/aromatic N) is 3. The number of ether oxygens (including phenoxy) is 1. The second-order valence-electron chi connectivity index (χ2n) is 6.17. The highest BCUT2D eigenvalue weighted by Gasteiger charge is 2.22. The third kappa shape index (κ3) is 4.86. The molecule has 0 aliphatic carbocycles. The molecule has 1 aliphatic rings. The zero-order valence-electron chi connectivity index (χ0n) is 13.8. The Morgan fingerprint density at radius 2 is 2.12 bits per heavy atom. The molecule has 0 unspecified atom stereocenters. The lowest BCUT2D eigenvalue weighted by atomic mass is 10.0. The Labute approximate surface area is 142 Å². The number of carbonyl (C=O) groups is 1. The maximum absolute atomic E-state index is 12.6. The Bertz CT molecular complexity index is 634. The molecular formula is C19H23N3O2. The second kappa shape index (κ2) is 8.55. The quantitative estimate of drug-likeness (QED) is 0.845. The van der Waals surface area contributed by atoms with Gasteiger partial charge in [-0.2, -0.15) is 0 Å². The van der Waals surface area contributed by atoms with Gasteiger partial charge in [0.15, 0.2) is 0 Å². The van der Waals surface area contributed by atoms with Crippen LogP contribution < -0.4 is 0 Å². The molecule has 0 spiro atoms. The number of hydrogen-bond acceptors (Lipinski definition) is 4. The van der Waals surface area contributed by atoms with Gasteiger partial charge in [0.25, 0.3) is 0 Å². The maximum Gasteiger partial charge on any atom is 0.222 e. The number of carbonyl (C=O) groups excluding carboxylic acids is 1. The molecule has 2 aromatic rings. The maximum atomic E-state index is 12.6. The molecule has 1 aromatic heterocycles. The van der Waals surface area contributed by atoms with Crippen LogP contribution >= 0.6 is 0 Å². The van der Waals surface area contributed by atoms with Gasteiger partial charge in [0.2, 0.25) is 5.91 Å². The average molecular weight is 325 g/mol. The molecule has 24 heavy (non-hydrogen) atoms. The zero-order chi connectivity index (χ0) is 16.6. The van der Waals surface area contributed by atoms with E-state index >= 15 is 0 Å². The lowest BCUT2D eigenvalue weighted by Gasteiger charge is -2.23. The third-order valence-corrected chi connectivity index (χ3v) is 4.28. The van der Waals surface area contributed by atoms with E-state index in [1.54, 1.807) is 18.6 Å². The van der Waals surface area contributed by atoms with E-state index in [1.165, 1.54) is 5.56 Å². The third-order valence-electron chi connectivity index (χ3n) is 4.28. The lowest BCUT2D eigenvalue weighted by molar-refractivity contribution is -0.131. The summed E-state index contributed by atoms with van der Waals surface area (Å²) in [5, 5.41) is 0. The minimum atomic E-state index is 0.202. The molecule has 1 aliphatic heterocycles. The van der Waals surface area contributed by atoms with Crippen LogP contribution in [-0.2, 0) is 22.4 Å². The highest BCUT2D eigenvalue weighted by Crippen LogP contribution is 2.14. The number of rotatable bonds is 5. The van der Waals surface area contributed by atoms with Crippen LogP contribution in [0, 0.1) is 5.92 Å². The molecule has 1 saturated heterocycles.